The minimum Gasteiger partial charge on any atom is -0.462 e. The highest BCUT2D eigenvalue weighted by molar-refractivity contribution is 7.52. The summed E-state index contributed by atoms with van der Waals surface area (Å²) >= 11 is 0. The van der Waals surface area contributed by atoms with Crippen molar-refractivity contribution in [1.29, 1.82) is 0 Å². The Morgan fingerprint density at radius 1 is 1.24 bits per heavy atom. The lowest BCUT2D eigenvalue weighted by Gasteiger charge is -2.28. The Hall–Kier alpha value is -3.23. The summed E-state index contributed by atoms with van der Waals surface area (Å²) in [5.74, 6) is -3.12. The highest BCUT2D eigenvalue weighted by Gasteiger charge is 2.65. The van der Waals surface area contributed by atoms with Gasteiger partial charge in [-0.3, -0.25) is 13.9 Å². The lowest BCUT2D eigenvalue weighted by atomic mass is 9.97. The highest BCUT2D eigenvalue weighted by atomic mass is 31.2. The number of ether oxygens (including phenoxy) is 2. The maximum absolute atomic E-state index is 16.3. The summed E-state index contributed by atoms with van der Waals surface area (Å²) in [4.78, 5) is 27.0. The monoisotopic (exact) mass is 612 g/mol. The normalized spacial score (nSPS) is 26.3. The molecule has 16 heteroatoms. The summed E-state index contributed by atoms with van der Waals surface area (Å²) in [6.45, 7) is 5.97. The van der Waals surface area contributed by atoms with Crippen LogP contribution in [0.25, 0.3) is 11.2 Å². The van der Waals surface area contributed by atoms with Crippen LogP contribution in [0, 0.1) is 6.92 Å². The van der Waals surface area contributed by atoms with Gasteiger partial charge < -0.3 is 24.0 Å². The van der Waals surface area contributed by atoms with Crippen LogP contribution < -0.4 is 14.5 Å². The van der Waals surface area contributed by atoms with E-state index in [1.165, 1.54) is 25.4 Å². The number of carbonyl (C=O) groups excluding carboxylic acids is 1. The van der Waals surface area contributed by atoms with E-state index in [0.717, 1.165) is 11.5 Å². The zero-order valence-electron chi connectivity index (χ0n) is 24.3. The number of nitrogens with one attached hydrogen (secondary N) is 1. The van der Waals surface area contributed by atoms with Crippen molar-refractivity contribution < 1.29 is 41.8 Å². The van der Waals surface area contributed by atoms with E-state index in [0.29, 0.717) is 17.2 Å². The predicted octanol–water partition coefficient (Wildman–Crippen LogP) is 3.62. The maximum Gasteiger partial charge on any atom is 0.459 e. The van der Waals surface area contributed by atoms with Crippen molar-refractivity contribution in [2.75, 3.05) is 25.6 Å². The van der Waals surface area contributed by atoms with Crippen LogP contribution in [0.2, 0.25) is 0 Å². The van der Waals surface area contributed by atoms with Crippen LogP contribution in [-0.4, -0.2) is 81.1 Å². The number of anilines is 1. The molecule has 4 rings (SSSR count). The van der Waals surface area contributed by atoms with E-state index in [-0.39, 0.29) is 11.4 Å². The molecule has 2 N–H and O–H groups in total. The second-order valence-corrected chi connectivity index (χ2v) is 12.3. The molecule has 13 nitrogen and oxygen atoms in total. The minimum absolute atomic E-state index is 0.0726. The number of nitrogens with zero attached hydrogens (tertiary/aromatic N) is 5. The van der Waals surface area contributed by atoms with Crippen LogP contribution in [0.3, 0.4) is 0 Å². The number of aliphatic hydroxyl groups is 1. The molecule has 1 unspecified atom stereocenters. The fraction of sp³-hybridized carbons (Fsp3) is 0.538. The summed E-state index contributed by atoms with van der Waals surface area (Å²) in [6.07, 6.45) is -3.41. The number of hydrogen-bond acceptors (Lipinski definition) is 11. The quantitative estimate of drug-likeness (QED) is 0.241. The molecule has 2 aromatic heterocycles. The SMILES string of the molecule is Cc1nc(N(C)C)c2ncn([C@@H]3O[C@](F)(COP(=O)(N[C@H](C)C(=O)OC(C)C)Oc4ccccc4)[C@@H](O)[C@@]3(C)F)c2n1. The molecule has 1 aliphatic rings. The minimum atomic E-state index is -4.55. The number of halogens is 2. The molecule has 3 heterocycles. The number of aromatic nitrogens is 4. The first-order chi connectivity index (χ1) is 19.6. The topological polar surface area (TPSA) is 150 Å². The summed E-state index contributed by atoms with van der Waals surface area (Å²) in [5.41, 5.74) is -2.27. The first-order valence-electron chi connectivity index (χ1n) is 13.2. The number of alkyl halides is 2. The highest BCUT2D eigenvalue weighted by Crippen LogP contribution is 2.52. The molecule has 3 aromatic rings. The standard InChI is InChI=1S/C26H35F2N6O7P/c1-15(2)39-22(35)16(3)32-42(37,41-18-11-9-8-10-12-18)38-13-26(28)23(36)25(5,27)24(40-26)34-14-29-19-20(33(6)7)30-17(4)31-21(19)34/h8-12,14-16,23-24,36H,13H2,1-7H3,(H,32,37)/t16-,23+,24-,25-,26-,42?/m1/s1. The molecular weight excluding hydrogens is 577 g/mol. The molecule has 0 radical (unpaired) electrons. The van der Waals surface area contributed by atoms with Gasteiger partial charge in [0.25, 0.3) is 5.85 Å². The number of esters is 1. The Morgan fingerprint density at radius 2 is 1.90 bits per heavy atom. The molecular formula is C26H35F2N6O7P. The summed E-state index contributed by atoms with van der Waals surface area (Å²) < 4.78 is 68.7. The smallest absolute Gasteiger partial charge is 0.459 e. The molecule has 6 atom stereocenters. The lowest BCUT2D eigenvalue weighted by Crippen LogP contribution is -2.47. The fourth-order valence-electron chi connectivity index (χ4n) is 4.36. The number of fused-ring (bicyclic) bond motifs is 1. The van der Waals surface area contributed by atoms with Crippen LogP contribution >= 0.6 is 7.75 Å². The Bertz CT molecular complexity index is 1470. The first kappa shape index (κ1) is 31.7. The Morgan fingerprint density at radius 3 is 2.52 bits per heavy atom. The predicted molar refractivity (Wildman–Crippen MR) is 148 cm³/mol. The Balaban J connectivity index is 1.62. The van der Waals surface area contributed by atoms with E-state index in [2.05, 4.69) is 20.0 Å². The number of hydrogen-bond donors (Lipinski definition) is 2. The zero-order valence-corrected chi connectivity index (χ0v) is 25.2. The molecule has 1 aliphatic heterocycles. The maximum atomic E-state index is 16.3. The third-order valence-corrected chi connectivity index (χ3v) is 8.01. The number of carbonyl (C=O) groups is 1. The van der Waals surface area contributed by atoms with Crippen molar-refractivity contribution in [2.45, 2.75) is 70.6 Å². The van der Waals surface area contributed by atoms with Crippen molar-refractivity contribution in [3.05, 3.63) is 42.5 Å². The number of benzene rings is 1. The lowest BCUT2D eigenvalue weighted by molar-refractivity contribution is -0.202. The average Bonchev–Trinajstić information content (AvgIpc) is 3.39. The van der Waals surface area contributed by atoms with Crippen LogP contribution in [0.5, 0.6) is 5.75 Å². The molecule has 1 aromatic carbocycles. The number of aliphatic hydroxyl groups excluding tert-OH is 1. The van der Waals surface area contributed by atoms with E-state index in [4.69, 9.17) is 18.5 Å². The largest absolute Gasteiger partial charge is 0.462 e. The molecule has 0 bridgehead atoms. The van der Waals surface area contributed by atoms with E-state index in [1.807, 2.05) is 0 Å². The van der Waals surface area contributed by atoms with E-state index < -0.39 is 56.3 Å². The fourth-order valence-corrected chi connectivity index (χ4v) is 5.87. The zero-order chi connectivity index (χ0) is 31.0. The van der Waals surface area contributed by atoms with Gasteiger partial charge in [0.1, 0.15) is 24.2 Å². The third-order valence-electron chi connectivity index (χ3n) is 6.38. The van der Waals surface area contributed by atoms with Crippen molar-refractivity contribution in [1.82, 2.24) is 24.6 Å². The van der Waals surface area contributed by atoms with Gasteiger partial charge in [0.15, 0.2) is 35.0 Å². The second-order valence-electron chi connectivity index (χ2n) is 10.6. The van der Waals surface area contributed by atoms with Gasteiger partial charge in [-0.15, -0.1) is 0 Å². The van der Waals surface area contributed by atoms with Gasteiger partial charge in [-0.25, -0.2) is 28.3 Å². The van der Waals surface area contributed by atoms with Crippen molar-refractivity contribution in [3.8, 4) is 5.75 Å². The molecule has 230 valence electrons. The number of imidazole rings is 1. The van der Waals surface area contributed by atoms with Gasteiger partial charge >= 0.3 is 13.7 Å². The van der Waals surface area contributed by atoms with Gasteiger partial charge in [-0.1, -0.05) is 18.2 Å². The third kappa shape index (κ3) is 6.40. The first-order valence-corrected chi connectivity index (χ1v) is 14.7. The summed E-state index contributed by atoms with van der Waals surface area (Å²) in [6, 6.07) is 6.59. The van der Waals surface area contributed by atoms with Crippen molar-refractivity contribution >= 4 is 30.7 Å². The van der Waals surface area contributed by atoms with Gasteiger partial charge in [0, 0.05) is 14.1 Å². The van der Waals surface area contributed by atoms with E-state index >= 15 is 8.78 Å². The molecule has 0 saturated carbocycles. The summed E-state index contributed by atoms with van der Waals surface area (Å²) in [5, 5.41) is 13.2. The van der Waals surface area contributed by atoms with Crippen LogP contribution in [0.1, 0.15) is 39.7 Å². The Labute approximate surface area is 241 Å². The van der Waals surface area contributed by atoms with Crippen LogP contribution in [0.15, 0.2) is 36.7 Å². The van der Waals surface area contributed by atoms with E-state index in [9.17, 15) is 14.5 Å². The summed E-state index contributed by atoms with van der Waals surface area (Å²) in [7, 11) is -1.07. The Kier molecular flexibility index (Phi) is 8.91. The van der Waals surface area contributed by atoms with Crippen molar-refractivity contribution in [3.63, 3.8) is 0 Å². The second kappa shape index (κ2) is 11.8. The molecule has 0 spiro atoms. The number of para-hydroxylation sites is 1. The van der Waals surface area contributed by atoms with Gasteiger partial charge in [0.2, 0.25) is 0 Å². The van der Waals surface area contributed by atoms with E-state index in [1.54, 1.807) is 58.0 Å². The molecule has 1 saturated heterocycles. The van der Waals surface area contributed by atoms with Crippen LogP contribution in [0.4, 0.5) is 14.6 Å². The van der Waals surface area contributed by atoms with Gasteiger partial charge in [-0.05, 0) is 46.8 Å². The van der Waals surface area contributed by atoms with Gasteiger partial charge in [0.05, 0.1) is 12.4 Å². The van der Waals surface area contributed by atoms with Crippen molar-refractivity contribution in [2.24, 2.45) is 0 Å². The average molecular weight is 613 g/mol. The van der Waals surface area contributed by atoms with Gasteiger partial charge in [-0.2, -0.15) is 5.09 Å². The number of aryl methyl sites for hydroxylation is 1. The number of rotatable bonds is 11. The molecule has 1 fully saturated rings. The molecule has 0 amide bonds. The van der Waals surface area contributed by atoms with Crippen LogP contribution in [-0.2, 0) is 23.4 Å². The molecule has 42 heavy (non-hydrogen) atoms. The molecule has 0 aliphatic carbocycles.